The van der Waals surface area contributed by atoms with E-state index in [1.54, 1.807) is 11.8 Å². The number of carbonyl (C=O) groups excluding carboxylic acids is 2. The van der Waals surface area contributed by atoms with E-state index in [0.29, 0.717) is 5.89 Å². The first-order valence-corrected chi connectivity index (χ1v) is 6.74. The summed E-state index contributed by atoms with van der Waals surface area (Å²) in [5.41, 5.74) is 0. The topological polar surface area (TPSA) is 97.6 Å². The Morgan fingerprint density at radius 1 is 1.50 bits per heavy atom. The Bertz CT molecular complexity index is 574. The first-order valence-electron chi connectivity index (χ1n) is 6.74. The molecule has 9 heteroatoms. The summed E-state index contributed by atoms with van der Waals surface area (Å²) in [5.74, 6) is -0.696. The van der Waals surface area contributed by atoms with Crippen molar-refractivity contribution in [2.45, 2.75) is 25.6 Å². The number of halogens is 1. The molecule has 0 spiro atoms. The molecular formula is C13H17FN4O4. The second-order valence-electron chi connectivity index (χ2n) is 4.84. The molecule has 0 aromatic carbocycles. The first-order chi connectivity index (χ1) is 10.5. The molecule has 1 aliphatic heterocycles. The first kappa shape index (κ1) is 15.9. The molecule has 1 aromatic heterocycles. The smallest absolute Gasteiger partial charge is 0.330 e. The number of aromatic nitrogens is 2. The maximum atomic E-state index is 13.6. The Kier molecular flexibility index (Phi) is 5.08. The normalized spacial score (nSPS) is 21.3. The van der Waals surface area contributed by atoms with Crippen LogP contribution in [0.4, 0.5) is 10.4 Å². The summed E-state index contributed by atoms with van der Waals surface area (Å²) in [4.78, 5) is 24.1. The molecule has 2 rings (SSSR count). The average molecular weight is 312 g/mol. The maximum Gasteiger partial charge on any atom is 0.330 e. The van der Waals surface area contributed by atoms with Gasteiger partial charge in [-0.25, -0.2) is 9.18 Å². The molecule has 0 radical (unpaired) electrons. The molecule has 1 fully saturated rings. The Morgan fingerprint density at radius 3 is 2.91 bits per heavy atom. The lowest BCUT2D eigenvalue weighted by Gasteiger charge is -2.21. The van der Waals surface area contributed by atoms with Gasteiger partial charge in [0.15, 0.2) is 0 Å². The van der Waals surface area contributed by atoms with Gasteiger partial charge in [0.25, 0.3) is 0 Å². The molecular weight excluding hydrogens is 295 g/mol. The van der Waals surface area contributed by atoms with E-state index in [1.165, 1.54) is 7.11 Å². The Morgan fingerprint density at radius 2 is 2.27 bits per heavy atom. The van der Waals surface area contributed by atoms with Gasteiger partial charge in [0.05, 0.1) is 19.7 Å². The largest absolute Gasteiger partial charge is 0.466 e. The van der Waals surface area contributed by atoms with Gasteiger partial charge in [-0.2, -0.15) is 0 Å². The molecule has 1 aromatic rings. The summed E-state index contributed by atoms with van der Waals surface area (Å²) in [6, 6.07) is -0.0488. The van der Waals surface area contributed by atoms with E-state index in [9.17, 15) is 14.0 Å². The average Bonchev–Trinajstić information content (AvgIpc) is 3.08. The van der Waals surface area contributed by atoms with Crippen LogP contribution in [0.2, 0.25) is 0 Å². The molecule has 8 nitrogen and oxygen atoms in total. The van der Waals surface area contributed by atoms with Crippen molar-refractivity contribution < 1.29 is 23.1 Å². The van der Waals surface area contributed by atoms with Crippen molar-refractivity contribution in [3.05, 3.63) is 18.0 Å². The van der Waals surface area contributed by atoms with Crippen LogP contribution in [-0.2, 0) is 14.3 Å². The predicted octanol–water partition coefficient (Wildman–Crippen LogP) is 0.140. The highest BCUT2D eigenvalue weighted by Gasteiger charge is 2.35. The number of aryl methyl sites for hydroxylation is 1. The molecule has 120 valence electrons. The molecule has 0 bridgehead atoms. The van der Waals surface area contributed by atoms with Crippen LogP contribution in [0, 0.1) is 6.92 Å². The van der Waals surface area contributed by atoms with Crippen molar-refractivity contribution in [2.24, 2.45) is 0 Å². The highest BCUT2D eigenvalue weighted by molar-refractivity contribution is 5.94. The fourth-order valence-corrected chi connectivity index (χ4v) is 2.18. The minimum Gasteiger partial charge on any atom is -0.466 e. The molecule has 1 N–H and O–H groups in total. The Balaban J connectivity index is 1.91. The zero-order valence-electron chi connectivity index (χ0n) is 12.3. The molecule has 1 aliphatic rings. The van der Waals surface area contributed by atoms with Crippen molar-refractivity contribution in [1.29, 1.82) is 0 Å². The Hall–Kier alpha value is -2.45. The second-order valence-corrected chi connectivity index (χ2v) is 4.84. The van der Waals surface area contributed by atoms with Gasteiger partial charge in [0, 0.05) is 32.0 Å². The molecule has 2 atom stereocenters. The van der Waals surface area contributed by atoms with Gasteiger partial charge in [-0.15, -0.1) is 5.10 Å². The van der Waals surface area contributed by atoms with Gasteiger partial charge in [0.2, 0.25) is 11.8 Å². The quantitative estimate of drug-likeness (QED) is 0.610. The van der Waals surface area contributed by atoms with Crippen LogP contribution in [-0.4, -0.2) is 54.5 Å². The molecule has 22 heavy (non-hydrogen) atoms. The zero-order chi connectivity index (χ0) is 16.1. The van der Waals surface area contributed by atoms with E-state index >= 15 is 0 Å². The molecule has 1 amide bonds. The second kappa shape index (κ2) is 7.01. The molecule has 1 saturated heterocycles. The predicted molar refractivity (Wildman–Crippen MR) is 73.8 cm³/mol. The van der Waals surface area contributed by atoms with Crippen molar-refractivity contribution in [3.63, 3.8) is 0 Å². The number of nitrogens with one attached hydrogen (secondary N) is 1. The summed E-state index contributed by atoms with van der Waals surface area (Å²) in [5, 5.41) is 10.2. The molecule has 0 aliphatic carbocycles. The van der Waals surface area contributed by atoms with E-state index in [1.807, 2.05) is 0 Å². The number of rotatable bonds is 5. The van der Waals surface area contributed by atoms with Crippen LogP contribution in [0.25, 0.3) is 0 Å². The van der Waals surface area contributed by atoms with Gasteiger partial charge in [-0.3, -0.25) is 4.79 Å². The number of carbonyl (C=O) groups is 2. The van der Waals surface area contributed by atoms with Gasteiger partial charge in [-0.05, 0) is 0 Å². The lowest BCUT2D eigenvalue weighted by atomic mass is 10.2. The van der Waals surface area contributed by atoms with Crippen molar-refractivity contribution in [1.82, 2.24) is 15.5 Å². The van der Waals surface area contributed by atoms with Gasteiger partial charge < -0.3 is 19.4 Å². The van der Waals surface area contributed by atoms with Crippen LogP contribution < -0.4 is 10.2 Å². The summed E-state index contributed by atoms with van der Waals surface area (Å²) in [6.07, 6.45) is 1.30. The van der Waals surface area contributed by atoms with E-state index in [2.05, 4.69) is 20.3 Å². The minimum atomic E-state index is -1.03. The third-order valence-electron chi connectivity index (χ3n) is 3.21. The number of hydrogen-bond acceptors (Lipinski definition) is 7. The van der Waals surface area contributed by atoms with Crippen molar-refractivity contribution in [2.75, 3.05) is 25.1 Å². The molecule has 2 heterocycles. The summed E-state index contributed by atoms with van der Waals surface area (Å²) in [6.45, 7) is 1.99. The number of nitrogens with zero attached hydrogens (tertiary/aromatic N) is 3. The zero-order valence-corrected chi connectivity index (χ0v) is 12.3. The number of alkyl halides is 1. The SMILES string of the molecule is COC(=O)/C=C/C(=O)NC[C@@H]1C[C@H](F)CN1c1nnc(C)o1. The Labute approximate surface area is 126 Å². The number of hydrogen-bond donors (Lipinski definition) is 1. The lowest BCUT2D eigenvalue weighted by Crippen LogP contribution is -2.40. The van der Waals surface area contributed by atoms with E-state index in [4.69, 9.17) is 4.42 Å². The molecule has 0 unspecified atom stereocenters. The van der Waals surface area contributed by atoms with Gasteiger partial charge in [-0.1, -0.05) is 5.10 Å². The van der Waals surface area contributed by atoms with Crippen molar-refractivity contribution in [3.8, 4) is 0 Å². The van der Waals surface area contributed by atoms with Crippen LogP contribution in [0.15, 0.2) is 16.6 Å². The van der Waals surface area contributed by atoms with Crippen LogP contribution >= 0.6 is 0 Å². The minimum absolute atomic E-state index is 0.139. The third kappa shape index (κ3) is 4.03. The number of anilines is 1. The van der Waals surface area contributed by atoms with Gasteiger partial charge in [0.1, 0.15) is 6.17 Å². The number of esters is 1. The maximum absolute atomic E-state index is 13.6. The highest BCUT2D eigenvalue weighted by Crippen LogP contribution is 2.25. The highest BCUT2D eigenvalue weighted by atomic mass is 19.1. The number of methoxy groups -OCH3 is 1. The van der Waals surface area contributed by atoms with E-state index in [0.717, 1.165) is 12.2 Å². The summed E-state index contributed by atoms with van der Waals surface area (Å²) >= 11 is 0. The van der Waals surface area contributed by atoms with E-state index in [-0.39, 0.29) is 31.6 Å². The lowest BCUT2D eigenvalue weighted by molar-refractivity contribution is -0.135. The monoisotopic (exact) mass is 312 g/mol. The number of amides is 1. The standard InChI is InChI=1S/C13H17FN4O4/c1-8-16-17-13(22-8)18-7-9(14)5-10(18)6-15-11(19)3-4-12(20)21-2/h3-4,9-10H,5-7H2,1-2H3,(H,15,19)/b4-3+/t9-,10-/m0/s1. The summed E-state index contributed by atoms with van der Waals surface area (Å²) in [7, 11) is 1.22. The van der Waals surface area contributed by atoms with Crippen LogP contribution in [0.5, 0.6) is 0 Å². The fourth-order valence-electron chi connectivity index (χ4n) is 2.18. The van der Waals surface area contributed by atoms with Gasteiger partial charge >= 0.3 is 12.0 Å². The van der Waals surface area contributed by atoms with Crippen LogP contribution in [0.3, 0.4) is 0 Å². The number of ether oxygens (including phenoxy) is 1. The molecule has 0 saturated carbocycles. The fraction of sp³-hybridized carbons (Fsp3) is 0.538. The van der Waals surface area contributed by atoms with E-state index < -0.39 is 18.0 Å². The third-order valence-corrected chi connectivity index (χ3v) is 3.21. The summed E-state index contributed by atoms with van der Waals surface area (Å²) < 4.78 is 23.3. The van der Waals surface area contributed by atoms with Crippen molar-refractivity contribution >= 4 is 17.9 Å². The van der Waals surface area contributed by atoms with Crippen LogP contribution in [0.1, 0.15) is 12.3 Å².